The second-order valence-corrected chi connectivity index (χ2v) is 4.43. The van der Waals surface area contributed by atoms with Gasteiger partial charge in [0.1, 0.15) is 0 Å². The maximum absolute atomic E-state index is 11.6. The second-order valence-electron chi connectivity index (χ2n) is 4.43. The Morgan fingerprint density at radius 2 is 2.12 bits per heavy atom. The van der Waals surface area contributed by atoms with Gasteiger partial charge in [-0.1, -0.05) is 6.92 Å². The highest BCUT2D eigenvalue weighted by Gasteiger charge is 2.39. The normalized spacial score (nSPS) is 22.0. The lowest BCUT2D eigenvalue weighted by molar-refractivity contribution is -0.117. The van der Waals surface area contributed by atoms with Gasteiger partial charge in [0, 0.05) is 5.92 Å². The number of aromatic nitrogens is 2. The van der Waals surface area contributed by atoms with Crippen molar-refractivity contribution < 1.29 is 9.59 Å². The van der Waals surface area contributed by atoms with Gasteiger partial charge in [-0.2, -0.15) is 0 Å². The zero-order valence-corrected chi connectivity index (χ0v) is 9.73. The van der Waals surface area contributed by atoms with Crippen molar-refractivity contribution in [2.75, 3.05) is 5.32 Å². The number of amides is 2. The van der Waals surface area contributed by atoms with Crippen LogP contribution in [0.25, 0.3) is 0 Å². The number of nitrogens with two attached hydrogens (primary N) is 1. The Bertz CT molecular complexity index is 486. The van der Waals surface area contributed by atoms with Gasteiger partial charge in [-0.05, 0) is 30.9 Å². The molecule has 17 heavy (non-hydrogen) atoms. The number of rotatable bonds is 3. The molecule has 0 bridgehead atoms. The number of primary amides is 1. The standard InChI is InChI=1S/C11H14N4O2/c1-5-3-7(5)11(17)13-8-4-6(2)9(10(12)16)15-14-8/h4-5,7H,3H2,1-2H3,(H2,12,16)(H,13,14,17)/t5-,7-/m0/s1. The van der Waals surface area contributed by atoms with E-state index in [0.29, 0.717) is 17.3 Å². The third kappa shape index (κ3) is 2.41. The number of hydrogen-bond acceptors (Lipinski definition) is 4. The summed E-state index contributed by atoms with van der Waals surface area (Å²) in [6, 6.07) is 1.60. The summed E-state index contributed by atoms with van der Waals surface area (Å²) >= 11 is 0. The van der Waals surface area contributed by atoms with Gasteiger partial charge < -0.3 is 11.1 Å². The van der Waals surface area contributed by atoms with E-state index in [1.807, 2.05) is 6.92 Å². The van der Waals surface area contributed by atoms with Crippen molar-refractivity contribution in [3.05, 3.63) is 17.3 Å². The fourth-order valence-electron chi connectivity index (χ4n) is 1.70. The Kier molecular flexibility index (Phi) is 2.79. The first-order chi connectivity index (χ1) is 7.99. The molecule has 1 aliphatic rings. The first kappa shape index (κ1) is 11.5. The summed E-state index contributed by atoms with van der Waals surface area (Å²) in [5, 5.41) is 10.1. The van der Waals surface area contributed by atoms with Gasteiger partial charge in [-0.3, -0.25) is 9.59 Å². The molecule has 1 heterocycles. The Hall–Kier alpha value is -1.98. The molecular formula is C11H14N4O2. The molecule has 3 N–H and O–H groups in total. The lowest BCUT2D eigenvalue weighted by Gasteiger charge is -2.05. The second kappa shape index (κ2) is 4.12. The molecule has 0 aromatic carbocycles. The Labute approximate surface area is 98.6 Å². The van der Waals surface area contributed by atoms with E-state index in [1.165, 1.54) is 0 Å². The highest BCUT2D eigenvalue weighted by molar-refractivity contribution is 5.95. The summed E-state index contributed by atoms with van der Waals surface area (Å²) in [7, 11) is 0. The van der Waals surface area contributed by atoms with Crippen LogP contribution in [0.1, 0.15) is 29.4 Å². The van der Waals surface area contributed by atoms with Crippen LogP contribution in [-0.4, -0.2) is 22.0 Å². The fourth-order valence-corrected chi connectivity index (χ4v) is 1.70. The van der Waals surface area contributed by atoms with Crippen LogP contribution in [0.3, 0.4) is 0 Å². The number of nitrogens with one attached hydrogen (secondary N) is 1. The van der Waals surface area contributed by atoms with E-state index < -0.39 is 5.91 Å². The first-order valence-corrected chi connectivity index (χ1v) is 5.44. The van der Waals surface area contributed by atoms with Crippen LogP contribution in [0, 0.1) is 18.8 Å². The highest BCUT2D eigenvalue weighted by atomic mass is 16.2. The monoisotopic (exact) mass is 234 g/mol. The predicted octanol–water partition coefficient (Wildman–Crippen LogP) is 0.478. The van der Waals surface area contributed by atoms with Crippen molar-refractivity contribution in [3.8, 4) is 0 Å². The molecule has 0 saturated heterocycles. The lowest BCUT2D eigenvalue weighted by atomic mass is 10.2. The molecule has 1 saturated carbocycles. The SMILES string of the molecule is Cc1cc(NC(=O)[C@H]2C[C@@H]2C)nnc1C(N)=O. The molecule has 1 fully saturated rings. The van der Waals surface area contributed by atoms with Crippen LogP contribution in [-0.2, 0) is 4.79 Å². The number of hydrogen-bond donors (Lipinski definition) is 2. The van der Waals surface area contributed by atoms with E-state index in [4.69, 9.17) is 5.73 Å². The largest absolute Gasteiger partial charge is 0.364 e. The van der Waals surface area contributed by atoms with E-state index >= 15 is 0 Å². The molecule has 90 valence electrons. The van der Waals surface area contributed by atoms with E-state index in [2.05, 4.69) is 15.5 Å². The van der Waals surface area contributed by atoms with Crippen molar-refractivity contribution in [3.63, 3.8) is 0 Å². The van der Waals surface area contributed by atoms with Crippen molar-refractivity contribution in [1.29, 1.82) is 0 Å². The van der Waals surface area contributed by atoms with Gasteiger partial charge in [-0.15, -0.1) is 10.2 Å². The van der Waals surface area contributed by atoms with Crippen LogP contribution in [0.5, 0.6) is 0 Å². The Balaban J connectivity index is 2.10. The summed E-state index contributed by atoms with van der Waals surface area (Å²) in [5.74, 6) is 0.209. The van der Waals surface area contributed by atoms with Gasteiger partial charge in [0.15, 0.2) is 11.5 Å². The summed E-state index contributed by atoms with van der Waals surface area (Å²) in [5.41, 5.74) is 5.84. The maximum atomic E-state index is 11.6. The molecule has 2 atom stereocenters. The minimum Gasteiger partial charge on any atom is -0.364 e. The first-order valence-electron chi connectivity index (χ1n) is 5.44. The molecule has 1 aromatic heterocycles. The van der Waals surface area contributed by atoms with Gasteiger partial charge in [0.2, 0.25) is 5.91 Å². The molecule has 6 nitrogen and oxygen atoms in total. The quantitative estimate of drug-likeness (QED) is 0.794. The minimum atomic E-state index is -0.622. The number of carbonyl (C=O) groups excluding carboxylic acids is 2. The molecule has 1 aromatic rings. The van der Waals surface area contributed by atoms with Crippen LogP contribution in [0.4, 0.5) is 5.82 Å². The molecule has 0 unspecified atom stereocenters. The lowest BCUT2D eigenvalue weighted by Crippen LogP contribution is -2.19. The van der Waals surface area contributed by atoms with Crippen molar-refractivity contribution in [2.45, 2.75) is 20.3 Å². The van der Waals surface area contributed by atoms with Crippen molar-refractivity contribution in [2.24, 2.45) is 17.6 Å². The highest BCUT2D eigenvalue weighted by Crippen LogP contribution is 2.38. The van der Waals surface area contributed by atoms with Gasteiger partial charge >= 0.3 is 0 Å². The van der Waals surface area contributed by atoms with E-state index in [0.717, 1.165) is 6.42 Å². The predicted molar refractivity (Wildman–Crippen MR) is 61.2 cm³/mol. The molecule has 2 amide bonds. The van der Waals surface area contributed by atoms with Crippen LogP contribution in [0.15, 0.2) is 6.07 Å². The van der Waals surface area contributed by atoms with Crippen molar-refractivity contribution in [1.82, 2.24) is 10.2 Å². The van der Waals surface area contributed by atoms with Crippen LogP contribution in [0.2, 0.25) is 0 Å². The van der Waals surface area contributed by atoms with E-state index in [9.17, 15) is 9.59 Å². The average molecular weight is 234 g/mol. The summed E-state index contributed by atoms with van der Waals surface area (Å²) in [6.07, 6.45) is 0.914. The molecule has 0 aliphatic heterocycles. The molecule has 0 radical (unpaired) electrons. The smallest absolute Gasteiger partial charge is 0.269 e. The third-order valence-electron chi connectivity index (χ3n) is 2.92. The van der Waals surface area contributed by atoms with Gasteiger partial charge in [0.05, 0.1) is 0 Å². The maximum Gasteiger partial charge on any atom is 0.269 e. The zero-order valence-electron chi connectivity index (χ0n) is 9.73. The summed E-state index contributed by atoms with van der Waals surface area (Å²) in [6.45, 7) is 3.72. The number of nitrogens with zero attached hydrogens (tertiary/aromatic N) is 2. The summed E-state index contributed by atoms with van der Waals surface area (Å²) in [4.78, 5) is 22.6. The molecule has 1 aliphatic carbocycles. The Morgan fingerprint density at radius 1 is 1.47 bits per heavy atom. The van der Waals surface area contributed by atoms with Crippen LogP contribution >= 0.6 is 0 Å². The van der Waals surface area contributed by atoms with Crippen molar-refractivity contribution >= 4 is 17.6 Å². The number of anilines is 1. The van der Waals surface area contributed by atoms with E-state index in [1.54, 1.807) is 13.0 Å². The average Bonchev–Trinajstić information content (AvgIpc) is 2.95. The number of carbonyl (C=O) groups is 2. The molecule has 2 rings (SSSR count). The van der Waals surface area contributed by atoms with Gasteiger partial charge in [-0.25, -0.2) is 0 Å². The third-order valence-corrected chi connectivity index (χ3v) is 2.92. The van der Waals surface area contributed by atoms with Gasteiger partial charge in [0.25, 0.3) is 5.91 Å². The topological polar surface area (TPSA) is 98.0 Å². The Morgan fingerprint density at radius 3 is 2.59 bits per heavy atom. The van der Waals surface area contributed by atoms with E-state index in [-0.39, 0.29) is 17.5 Å². The molecular weight excluding hydrogens is 220 g/mol. The fraction of sp³-hybridized carbons (Fsp3) is 0.455. The summed E-state index contributed by atoms with van der Waals surface area (Å²) < 4.78 is 0. The minimum absolute atomic E-state index is 0.0435. The number of aryl methyl sites for hydroxylation is 1. The molecule has 0 spiro atoms. The van der Waals surface area contributed by atoms with Crippen LogP contribution < -0.4 is 11.1 Å². The molecule has 6 heteroatoms. The zero-order chi connectivity index (χ0) is 12.6.